The molecule has 4 nitrogen and oxygen atoms in total. The van der Waals surface area contributed by atoms with Gasteiger partial charge in [-0.1, -0.05) is 48.5 Å². The SMILES string of the molecule is O=C(OCc1ccccc1)O[PH](=O)c1ccccc1. The number of benzene rings is 2. The van der Waals surface area contributed by atoms with Crippen molar-refractivity contribution in [3.05, 3.63) is 66.2 Å². The smallest absolute Gasteiger partial charge is 0.429 e. The van der Waals surface area contributed by atoms with E-state index >= 15 is 0 Å². The van der Waals surface area contributed by atoms with Gasteiger partial charge in [-0.3, -0.25) is 4.57 Å². The summed E-state index contributed by atoms with van der Waals surface area (Å²) in [4.78, 5) is 11.4. The third-order valence-corrected chi connectivity index (χ3v) is 3.54. The Kier molecular flexibility index (Phi) is 4.76. The van der Waals surface area contributed by atoms with Gasteiger partial charge in [-0.2, -0.15) is 0 Å². The van der Waals surface area contributed by atoms with Crippen molar-refractivity contribution < 1.29 is 18.6 Å². The van der Waals surface area contributed by atoms with Crippen LogP contribution in [0, 0.1) is 0 Å². The number of hydrogen-bond acceptors (Lipinski definition) is 4. The van der Waals surface area contributed by atoms with Crippen LogP contribution >= 0.6 is 8.03 Å². The van der Waals surface area contributed by atoms with Crippen LogP contribution in [-0.2, 0) is 20.4 Å². The first-order valence-electron chi connectivity index (χ1n) is 5.73. The summed E-state index contributed by atoms with van der Waals surface area (Å²) in [5.74, 6) is 0. The van der Waals surface area contributed by atoms with Crippen molar-refractivity contribution in [3.63, 3.8) is 0 Å². The van der Waals surface area contributed by atoms with E-state index in [-0.39, 0.29) is 6.61 Å². The van der Waals surface area contributed by atoms with Gasteiger partial charge in [0.1, 0.15) is 6.61 Å². The van der Waals surface area contributed by atoms with E-state index in [0.717, 1.165) is 5.56 Å². The molecule has 1 atom stereocenters. The Labute approximate surface area is 111 Å². The van der Waals surface area contributed by atoms with Crippen LogP contribution in [0.2, 0.25) is 0 Å². The van der Waals surface area contributed by atoms with Gasteiger partial charge in [0.15, 0.2) is 0 Å². The van der Waals surface area contributed by atoms with Crippen LogP contribution in [0.3, 0.4) is 0 Å². The van der Waals surface area contributed by atoms with Crippen molar-refractivity contribution in [1.82, 2.24) is 0 Å². The van der Waals surface area contributed by atoms with Crippen LogP contribution in [0.1, 0.15) is 5.56 Å². The number of carbonyl (C=O) groups is 1. The van der Waals surface area contributed by atoms with Gasteiger partial charge in [-0.15, -0.1) is 0 Å². The second-order valence-corrected chi connectivity index (χ2v) is 5.14. The quantitative estimate of drug-likeness (QED) is 0.636. The molecule has 0 heterocycles. The fraction of sp³-hybridized carbons (Fsp3) is 0.0714. The minimum Gasteiger partial charge on any atom is -0.429 e. The highest BCUT2D eigenvalue weighted by atomic mass is 31.1. The molecule has 0 saturated heterocycles. The maximum atomic E-state index is 11.7. The van der Waals surface area contributed by atoms with Gasteiger partial charge in [0.25, 0.3) is 8.03 Å². The third-order valence-electron chi connectivity index (χ3n) is 2.39. The molecule has 2 rings (SSSR count). The standard InChI is InChI=1S/C14H13O4P/c15-14(17-11-12-7-3-1-4-8-12)18-19(16)13-9-5-2-6-10-13/h1-10,19H,11H2. The summed E-state index contributed by atoms with van der Waals surface area (Å²) in [6.07, 6.45) is -0.920. The van der Waals surface area contributed by atoms with Crippen molar-refractivity contribution in [3.8, 4) is 0 Å². The largest absolute Gasteiger partial charge is 0.513 e. The fourth-order valence-corrected chi connectivity index (χ4v) is 2.25. The lowest BCUT2D eigenvalue weighted by Gasteiger charge is -2.06. The van der Waals surface area contributed by atoms with E-state index in [4.69, 9.17) is 9.26 Å². The summed E-state index contributed by atoms with van der Waals surface area (Å²) in [6, 6.07) is 17.8. The van der Waals surface area contributed by atoms with E-state index in [2.05, 4.69) is 0 Å². The average molecular weight is 276 g/mol. The van der Waals surface area contributed by atoms with Gasteiger partial charge in [-0.05, 0) is 17.7 Å². The van der Waals surface area contributed by atoms with Gasteiger partial charge in [0.05, 0.1) is 0 Å². The molecule has 2 aromatic carbocycles. The van der Waals surface area contributed by atoms with Crippen molar-refractivity contribution in [2.45, 2.75) is 6.61 Å². The lowest BCUT2D eigenvalue weighted by Crippen LogP contribution is -2.06. The minimum atomic E-state index is -2.59. The maximum absolute atomic E-state index is 11.7. The lowest BCUT2D eigenvalue weighted by atomic mass is 10.2. The first-order chi connectivity index (χ1) is 9.25. The summed E-state index contributed by atoms with van der Waals surface area (Å²) in [5.41, 5.74) is 0.846. The van der Waals surface area contributed by atoms with Crippen LogP contribution in [-0.4, -0.2) is 6.16 Å². The van der Waals surface area contributed by atoms with Crippen molar-refractivity contribution in [2.24, 2.45) is 0 Å². The minimum absolute atomic E-state index is 0.101. The molecule has 0 spiro atoms. The summed E-state index contributed by atoms with van der Waals surface area (Å²) >= 11 is 0. The highest BCUT2D eigenvalue weighted by Crippen LogP contribution is 2.22. The summed E-state index contributed by atoms with van der Waals surface area (Å²) < 4.78 is 21.4. The molecule has 0 aliphatic carbocycles. The molecule has 0 radical (unpaired) electrons. The maximum Gasteiger partial charge on any atom is 0.513 e. The van der Waals surface area contributed by atoms with Crippen molar-refractivity contribution in [1.29, 1.82) is 0 Å². The number of ether oxygens (including phenoxy) is 1. The Hall–Kier alpha value is -2.06. The third kappa shape index (κ3) is 4.27. The second-order valence-electron chi connectivity index (χ2n) is 3.78. The zero-order valence-corrected chi connectivity index (χ0v) is 11.1. The Morgan fingerprint density at radius 3 is 2.16 bits per heavy atom. The van der Waals surface area contributed by atoms with Crippen LogP contribution in [0.5, 0.6) is 0 Å². The number of hydrogen-bond donors (Lipinski definition) is 0. The summed E-state index contributed by atoms with van der Waals surface area (Å²) in [5, 5.41) is 0.490. The van der Waals surface area contributed by atoms with E-state index in [9.17, 15) is 9.36 Å². The first kappa shape index (κ1) is 13.4. The Morgan fingerprint density at radius 1 is 0.947 bits per heavy atom. The van der Waals surface area contributed by atoms with Crippen molar-refractivity contribution in [2.75, 3.05) is 0 Å². The predicted octanol–water partition coefficient (Wildman–Crippen LogP) is 3.14. The Bertz CT molecular complexity index is 554. The monoisotopic (exact) mass is 276 g/mol. The van der Waals surface area contributed by atoms with E-state index in [1.165, 1.54) is 0 Å². The number of carbonyl (C=O) groups excluding carboxylic acids is 1. The van der Waals surface area contributed by atoms with Crippen LogP contribution in [0.25, 0.3) is 0 Å². The van der Waals surface area contributed by atoms with Gasteiger partial charge in [-0.25, -0.2) is 4.79 Å². The van der Waals surface area contributed by atoms with Crippen LogP contribution < -0.4 is 5.30 Å². The second kappa shape index (κ2) is 6.76. The topological polar surface area (TPSA) is 52.6 Å². The fourth-order valence-electron chi connectivity index (χ4n) is 1.45. The highest BCUT2D eigenvalue weighted by molar-refractivity contribution is 7.48. The molecule has 5 heteroatoms. The zero-order chi connectivity index (χ0) is 13.5. The highest BCUT2D eigenvalue weighted by Gasteiger charge is 2.11. The summed E-state index contributed by atoms with van der Waals surface area (Å²) in [7, 11) is -2.59. The zero-order valence-electron chi connectivity index (χ0n) is 10.1. The van der Waals surface area contributed by atoms with Gasteiger partial charge in [0.2, 0.25) is 0 Å². The molecule has 1 unspecified atom stereocenters. The molecular formula is C14H13O4P. The van der Waals surface area contributed by atoms with Crippen molar-refractivity contribution >= 4 is 19.5 Å². The molecule has 0 aliphatic rings. The molecular weight excluding hydrogens is 263 g/mol. The van der Waals surface area contributed by atoms with Crippen LogP contribution in [0.15, 0.2) is 60.7 Å². The van der Waals surface area contributed by atoms with Gasteiger partial charge < -0.3 is 9.26 Å². The molecule has 0 aromatic heterocycles. The van der Waals surface area contributed by atoms with E-state index < -0.39 is 14.2 Å². The Balaban J connectivity index is 1.83. The molecule has 2 aromatic rings. The van der Waals surface area contributed by atoms with Gasteiger partial charge >= 0.3 is 6.16 Å². The molecule has 0 bridgehead atoms. The van der Waals surface area contributed by atoms with Crippen LogP contribution in [0.4, 0.5) is 4.79 Å². The first-order valence-corrected chi connectivity index (χ1v) is 7.05. The van der Waals surface area contributed by atoms with E-state index in [1.54, 1.807) is 30.3 Å². The molecule has 0 amide bonds. The molecule has 0 aliphatic heterocycles. The van der Waals surface area contributed by atoms with Gasteiger partial charge in [0, 0.05) is 5.30 Å². The summed E-state index contributed by atoms with van der Waals surface area (Å²) in [6.45, 7) is 0.101. The molecule has 0 fully saturated rings. The normalized spacial score (nSPS) is 11.6. The number of rotatable bonds is 4. The lowest BCUT2D eigenvalue weighted by molar-refractivity contribution is 0.0962. The predicted molar refractivity (Wildman–Crippen MR) is 72.8 cm³/mol. The molecule has 19 heavy (non-hydrogen) atoms. The average Bonchev–Trinajstić information content (AvgIpc) is 2.47. The van der Waals surface area contributed by atoms with E-state index in [1.807, 2.05) is 30.3 Å². The van der Waals surface area contributed by atoms with E-state index in [0.29, 0.717) is 5.30 Å². The Morgan fingerprint density at radius 2 is 1.53 bits per heavy atom. The molecule has 0 N–H and O–H groups in total. The molecule has 98 valence electrons. The molecule has 0 saturated carbocycles.